The summed E-state index contributed by atoms with van der Waals surface area (Å²) in [5, 5.41) is 8.84. The Morgan fingerprint density at radius 3 is 2.50 bits per heavy atom. The van der Waals surface area contributed by atoms with Gasteiger partial charge in [0.1, 0.15) is 0 Å². The van der Waals surface area contributed by atoms with E-state index in [2.05, 4.69) is 30.4 Å². The third-order valence-electron chi connectivity index (χ3n) is 2.29. The van der Waals surface area contributed by atoms with Gasteiger partial charge in [0.05, 0.1) is 6.07 Å². The molecule has 0 aliphatic heterocycles. The second-order valence-electron chi connectivity index (χ2n) is 3.49. The summed E-state index contributed by atoms with van der Waals surface area (Å²) in [6, 6.07) is 2.26. The molecule has 0 aromatic heterocycles. The first kappa shape index (κ1) is 10.8. The zero-order valence-corrected chi connectivity index (χ0v) is 8.58. The first-order valence-corrected chi connectivity index (χ1v) is 5.32. The molecule has 0 aromatic carbocycles. The molecule has 0 radical (unpaired) electrons. The predicted octanol–water partition coefficient (Wildman–Crippen LogP) is 3.90. The summed E-state index contributed by atoms with van der Waals surface area (Å²) in [6.45, 7) is 0. The summed E-state index contributed by atoms with van der Waals surface area (Å²) in [5.74, 6) is 0. The quantitative estimate of drug-likeness (QED) is 0.527. The smallest absolute Gasteiger partial charge is 0.0943 e. The molecule has 0 saturated carbocycles. The molecule has 0 N–H and O–H groups in total. The lowest BCUT2D eigenvalue weighted by atomic mass is 10.1. The van der Waals surface area contributed by atoms with Gasteiger partial charge in [-0.05, 0) is 38.5 Å². The van der Waals surface area contributed by atoms with Gasteiger partial charge in [0.25, 0.3) is 0 Å². The third kappa shape index (κ3) is 4.67. The van der Waals surface area contributed by atoms with Crippen LogP contribution in [0.2, 0.25) is 0 Å². The van der Waals surface area contributed by atoms with Crippen molar-refractivity contribution in [1.82, 2.24) is 0 Å². The summed E-state index contributed by atoms with van der Waals surface area (Å²) < 4.78 is 0. The number of hydrogen-bond donors (Lipinski definition) is 0. The second kappa shape index (κ2) is 7.15. The summed E-state index contributed by atoms with van der Waals surface area (Å²) in [7, 11) is 0. The van der Waals surface area contributed by atoms with Crippen LogP contribution in [-0.4, -0.2) is 0 Å². The maximum absolute atomic E-state index is 8.84. The Morgan fingerprint density at radius 1 is 1.00 bits per heavy atom. The summed E-state index contributed by atoms with van der Waals surface area (Å²) in [4.78, 5) is 0. The molecule has 1 heteroatoms. The van der Waals surface area contributed by atoms with E-state index in [1.807, 2.05) is 6.08 Å². The molecule has 1 aliphatic rings. The molecule has 0 fully saturated rings. The number of hydrogen-bond acceptors (Lipinski definition) is 1. The van der Waals surface area contributed by atoms with Crippen LogP contribution in [0, 0.1) is 11.3 Å². The second-order valence-corrected chi connectivity index (χ2v) is 3.49. The van der Waals surface area contributed by atoms with Crippen LogP contribution in [-0.2, 0) is 0 Å². The van der Waals surface area contributed by atoms with E-state index in [4.69, 9.17) is 5.26 Å². The van der Waals surface area contributed by atoms with Crippen molar-refractivity contribution in [3.63, 3.8) is 0 Å². The molecule has 0 spiro atoms. The van der Waals surface area contributed by atoms with Gasteiger partial charge in [-0.15, -0.1) is 0 Å². The van der Waals surface area contributed by atoms with E-state index in [-0.39, 0.29) is 0 Å². The summed E-state index contributed by atoms with van der Waals surface area (Å²) in [6.07, 6.45) is 17.1. The van der Waals surface area contributed by atoms with E-state index in [1.165, 1.54) is 0 Å². The van der Waals surface area contributed by atoms with Gasteiger partial charge < -0.3 is 0 Å². The van der Waals surface area contributed by atoms with E-state index in [0.29, 0.717) is 0 Å². The average molecular weight is 187 g/mol. The lowest BCUT2D eigenvalue weighted by Crippen LogP contribution is -1.81. The first-order chi connectivity index (χ1) is 6.93. The zero-order valence-electron chi connectivity index (χ0n) is 8.58. The van der Waals surface area contributed by atoms with Gasteiger partial charge in [-0.25, -0.2) is 0 Å². The molecule has 0 heterocycles. The van der Waals surface area contributed by atoms with Crippen LogP contribution in [0.25, 0.3) is 0 Å². The van der Waals surface area contributed by atoms with Crippen LogP contribution in [0.15, 0.2) is 36.0 Å². The molecular formula is C13H17N. The van der Waals surface area contributed by atoms with Gasteiger partial charge in [-0.3, -0.25) is 0 Å². The zero-order chi connectivity index (χ0) is 10.1. The highest BCUT2D eigenvalue weighted by atomic mass is 14.2. The minimum atomic E-state index is 0.909. The molecule has 0 aromatic rings. The highest BCUT2D eigenvalue weighted by Crippen LogP contribution is 2.10. The SMILES string of the molecule is N#C/C1=C\C/C=C\CC/C=C\CCC1. The minimum Gasteiger partial charge on any atom is -0.193 e. The topological polar surface area (TPSA) is 23.8 Å². The van der Waals surface area contributed by atoms with Gasteiger partial charge >= 0.3 is 0 Å². The van der Waals surface area contributed by atoms with Crippen molar-refractivity contribution in [3.05, 3.63) is 36.0 Å². The Bertz CT molecular complexity index is 276. The average Bonchev–Trinajstić information content (AvgIpc) is 2.19. The van der Waals surface area contributed by atoms with E-state index >= 15 is 0 Å². The molecule has 1 nitrogen and oxygen atoms in total. The standard InChI is InChI=1S/C13H17N/c14-12-13-10-8-6-4-2-1-3-5-7-9-11-13/h2,4-5,7,11H,1,3,6,8-10H2/b4-2-,7-5-,13-11-. The van der Waals surface area contributed by atoms with Crippen LogP contribution in [0.4, 0.5) is 0 Å². The Kier molecular flexibility index (Phi) is 5.51. The van der Waals surface area contributed by atoms with E-state index in [1.54, 1.807) is 0 Å². The molecule has 0 saturated heterocycles. The van der Waals surface area contributed by atoms with Crippen molar-refractivity contribution in [1.29, 1.82) is 5.26 Å². The molecule has 1 aliphatic carbocycles. The first-order valence-electron chi connectivity index (χ1n) is 5.32. The largest absolute Gasteiger partial charge is 0.193 e. The summed E-state index contributed by atoms with van der Waals surface area (Å²) >= 11 is 0. The van der Waals surface area contributed by atoms with Gasteiger partial charge in [-0.2, -0.15) is 5.26 Å². The molecule has 14 heavy (non-hydrogen) atoms. The Morgan fingerprint density at radius 2 is 1.71 bits per heavy atom. The molecule has 1 rings (SSSR count). The number of allylic oxidation sites excluding steroid dienone is 6. The van der Waals surface area contributed by atoms with Crippen molar-refractivity contribution in [2.24, 2.45) is 0 Å². The Labute approximate surface area is 86.4 Å². The normalized spacial score (nSPS) is 27.2. The molecule has 0 unspecified atom stereocenters. The van der Waals surface area contributed by atoms with E-state index in [9.17, 15) is 0 Å². The Hall–Kier alpha value is -1.29. The molecular weight excluding hydrogens is 170 g/mol. The van der Waals surface area contributed by atoms with Crippen molar-refractivity contribution in [2.75, 3.05) is 0 Å². The molecule has 0 atom stereocenters. The lowest BCUT2D eigenvalue weighted by molar-refractivity contribution is 0.839. The lowest BCUT2D eigenvalue weighted by Gasteiger charge is -1.97. The highest BCUT2D eigenvalue weighted by molar-refractivity contribution is 5.21. The van der Waals surface area contributed by atoms with Crippen molar-refractivity contribution >= 4 is 0 Å². The maximum Gasteiger partial charge on any atom is 0.0943 e. The number of nitrogens with zero attached hydrogens (tertiary/aromatic N) is 1. The Balaban J connectivity index is 2.52. The van der Waals surface area contributed by atoms with Gasteiger partial charge in [-0.1, -0.05) is 30.4 Å². The van der Waals surface area contributed by atoms with E-state index in [0.717, 1.165) is 44.1 Å². The van der Waals surface area contributed by atoms with Crippen molar-refractivity contribution < 1.29 is 0 Å². The number of nitriles is 1. The number of rotatable bonds is 0. The third-order valence-corrected chi connectivity index (χ3v) is 2.29. The van der Waals surface area contributed by atoms with Gasteiger partial charge in [0.2, 0.25) is 0 Å². The molecule has 74 valence electrons. The van der Waals surface area contributed by atoms with Crippen LogP contribution in [0.5, 0.6) is 0 Å². The van der Waals surface area contributed by atoms with Crippen LogP contribution >= 0.6 is 0 Å². The van der Waals surface area contributed by atoms with Crippen LogP contribution in [0.3, 0.4) is 0 Å². The molecule has 0 bridgehead atoms. The minimum absolute atomic E-state index is 0.909. The summed E-state index contributed by atoms with van der Waals surface area (Å²) in [5.41, 5.74) is 0.934. The van der Waals surface area contributed by atoms with E-state index < -0.39 is 0 Å². The van der Waals surface area contributed by atoms with Gasteiger partial charge in [0, 0.05) is 5.57 Å². The fraction of sp³-hybridized carbons (Fsp3) is 0.462. The predicted molar refractivity (Wildman–Crippen MR) is 59.7 cm³/mol. The van der Waals surface area contributed by atoms with Crippen molar-refractivity contribution in [2.45, 2.75) is 38.5 Å². The monoisotopic (exact) mass is 187 g/mol. The van der Waals surface area contributed by atoms with Gasteiger partial charge in [0.15, 0.2) is 0 Å². The van der Waals surface area contributed by atoms with Crippen LogP contribution in [0.1, 0.15) is 38.5 Å². The van der Waals surface area contributed by atoms with Crippen molar-refractivity contribution in [3.8, 4) is 6.07 Å². The fourth-order valence-electron chi connectivity index (χ4n) is 1.47. The molecule has 0 amide bonds. The maximum atomic E-state index is 8.84. The fourth-order valence-corrected chi connectivity index (χ4v) is 1.47. The highest BCUT2D eigenvalue weighted by Gasteiger charge is 1.94. The van der Waals surface area contributed by atoms with Crippen LogP contribution < -0.4 is 0 Å².